The maximum atomic E-state index is 15.1. The number of ether oxygens (including phenoxy) is 1. The number of hydrogen-bond acceptors (Lipinski definition) is 24. The normalized spacial score (nSPS) is 21.2. The van der Waals surface area contributed by atoms with Gasteiger partial charge in [0.1, 0.15) is 72.6 Å². The molecule has 14 amide bonds. The SMILES string of the molecule is CCCCCCCCCC(=O)N[C@@H](Cc1c[nH]c2ccccc12)C(=O)N[C@@H](CC(N)=O)C(=O)N[C@@H](CC(=O)O)C(=O)N[C@@H]1C(=O)N(C)CC(=O)N[C@@H](CCCN)C(=O)N[C@@H](CC(=O)O)C(=O)N[C@H](C)C(=O)N[C@@H](CC(=O)O)C(=O)NCC(=O)N[C@H](CO)C(=O)N[C@@H]([C@H](C)CC(=O)O)C(=O)N[C@@H](CC(=O)c2ccccc2N)C(=O)O[C@@H]1C. The summed E-state index contributed by atoms with van der Waals surface area (Å²) in [6, 6.07) is -10.5. The number of carboxylic acid groups (broad SMARTS) is 4. The Hall–Kier alpha value is -12.7. The predicted molar refractivity (Wildman–Crippen MR) is 405 cm³/mol. The Bertz CT molecular complexity index is 4080. The van der Waals surface area contributed by atoms with Crippen molar-refractivity contribution in [1.29, 1.82) is 0 Å². The first kappa shape index (κ1) is 95.7. The maximum absolute atomic E-state index is 15.1. The predicted octanol–water partition coefficient (Wildman–Crippen LogP) is -5.28. The number of ketones is 1. The average Bonchev–Trinajstić information content (AvgIpc) is 1.78. The number of benzene rings is 2. The lowest BCUT2D eigenvalue weighted by Crippen LogP contribution is -2.62. The fraction of sp³-hybridized carbons (Fsp3) is 0.534. The van der Waals surface area contributed by atoms with E-state index in [0.717, 1.165) is 59.9 Å². The number of aliphatic carboxylic acids is 4. The van der Waals surface area contributed by atoms with Crippen LogP contribution in [-0.2, 0) is 102 Å². The van der Waals surface area contributed by atoms with Crippen LogP contribution in [0.15, 0.2) is 54.7 Å². The third-order valence-corrected chi connectivity index (χ3v) is 18.2. The zero-order valence-corrected chi connectivity index (χ0v) is 64.5. The van der Waals surface area contributed by atoms with Crippen LogP contribution in [0.2, 0.25) is 0 Å². The number of hydrogen-bond donors (Lipinski definition) is 21. The number of aromatic nitrogens is 1. The molecular weight excluding hydrogens is 1530 g/mol. The van der Waals surface area contributed by atoms with E-state index in [0.29, 0.717) is 34.2 Å². The van der Waals surface area contributed by atoms with Gasteiger partial charge in [0.05, 0.1) is 51.8 Å². The van der Waals surface area contributed by atoms with Crippen molar-refractivity contribution in [2.24, 2.45) is 17.4 Å². The number of aromatic amines is 1. The molecule has 0 radical (unpaired) electrons. The van der Waals surface area contributed by atoms with E-state index in [-0.39, 0.29) is 43.5 Å². The number of carbonyl (C=O) groups excluding carboxylic acids is 16. The van der Waals surface area contributed by atoms with Crippen LogP contribution in [0.1, 0.15) is 146 Å². The summed E-state index contributed by atoms with van der Waals surface area (Å²) in [6.45, 7) is 1.21. The number of unbranched alkanes of at least 4 members (excludes halogenated alkanes) is 6. The van der Waals surface area contributed by atoms with E-state index in [4.69, 9.17) is 21.9 Å². The number of fused-ring (bicyclic) bond motifs is 1. The average molecular weight is 1630 g/mol. The van der Waals surface area contributed by atoms with Crippen LogP contribution in [0.3, 0.4) is 0 Å². The Balaban J connectivity index is 1.90. The largest absolute Gasteiger partial charge is 0.481 e. The molecule has 24 N–H and O–H groups in total. The molecule has 4 rings (SSSR count). The van der Waals surface area contributed by atoms with E-state index >= 15 is 4.79 Å². The Morgan fingerprint density at radius 1 is 0.586 bits per heavy atom. The lowest BCUT2D eigenvalue weighted by atomic mass is 9.96. The number of aliphatic hydroxyl groups is 1. The van der Waals surface area contributed by atoms with Gasteiger partial charge in [0.2, 0.25) is 82.7 Å². The number of primary amides is 1. The molecule has 3 aromatic rings. The smallest absolute Gasteiger partial charge is 0.329 e. The molecule has 13 atom stereocenters. The summed E-state index contributed by atoms with van der Waals surface area (Å²) in [6.07, 6.45) is -2.31. The standard InChI is InChI=1S/C73H103N17O26/c1-6-7-8-9-10-11-12-23-54(94)81-45(26-39-32-77-43-21-16-14-18-40(39)43)67(109)84-46(28-53(76)93)68(110)86-49(31-60(103)104)69(111)89-62-38(4)116-73(115)50(27-52(92)41-19-13-15-20-42(41)75)87-71(113)61(36(2)25-57(97)98)88-70(112)51(35-91)82-55(95)33-78-64(106)47(29-58(99)100)83-63(105)37(3)79-66(108)48(30-59(101)102)85-65(107)44(22-17-24-74)80-56(96)34-90(5)72(62)114/h13-16,18-21,32,36-38,44-51,61-62,77,91H,6-12,17,22-31,33-35,74-75H2,1-5H3,(H2,76,93)(H,78,106)(H,79,108)(H,80,96)(H,81,94)(H,82,95)(H,83,105)(H,84,109)(H,85,107)(H,86,110)(H,87,113)(H,88,112)(H,89,111)(H,97,98)(H,99,100)(H,101,102)(H,103,104)/t36-,37-,38-,44+,45+,46+,47+,48+,49+,50+,51-,61+,62+/m1/s1. The van der Waals surface area contributed by atoms with Crippen LogP contribution in [-0.4, -0.2) is 260 Å². The molecule has 0 spiro atoms. The number of para-hydroxylation sites is 2. The molecule has 0 saturated carbocycles. The molecular formula is C73H103N17O26. The summed E-state index contributed by atoms with van der Waals surface area (Å²) in [7, 11) is 0.888. The Morgan fingerprint density at radius 2 is 1.15 bits per heavy atom. The van der Waals surface area contributed by atoms with Crippen molar-refractivity contribution in [3.8, 4) is 0 Å². The number of aliphatic hydroxyl groups excluding tert-OH is 1. The number of cyclic esters (lactones) is 1. The highest BCUT2D eigenvalue weighted by Crippen LogP contribution is 2.22. The monoisotopic (exact) mass is 1630 g/mol. The molecule has 0 unspecified atom stereocenters. The van der Waals surface area contributed by atoms with Gasteiger partial charge in [-0.1, -0.05) is 82.7 Å². The molecule has 636 valence electrons. The van der Waals surface area contributed by atoms with Crippen molar-refractivity contribution in [2.45, 2.75) is 209 Å². The minimum Gasteiger partial charge on any atom is -0.481 e. The number of rotatable bonds is 35. The second-order valence-electron chi connectivity index (χ2n) is 27.7. The van der Waals surface area contributed by atoms with Gasteiger partial charge in [0.25, 0.3) is 0 Å². The molecule has 2 aromatic carbocycles. The summed E-state index contributed by atoms with van der Waals surface area (Å²) >= 11 is 0. The van der Waals surface area contributed by atoms with E-state index < -0.39 is 255 Å². The van der Waals surface area contributed by atoms with Crippen LogP contribution >= 0.6 is 0 Å². The fourth-order valence-corrected chi connectivity index (χ4v) is 12.0. The summed E-state index contributed by atoms with van der Waals surface area (Å²) in [4.78, 5) is 278. The Morgan fingerprint density at radius 3 is 1.76 bits per heavy atom. The number of carboxylic acids is 4. The van der Waals surface area contributed by atoms with Gasteiger partial charge >= 0.3 is 29.8 Å². The van der Waals surface area contributed by atoms with Crippen molar-refractivity contribution in [1.82, 2.24) is 73.7 Å². The van der Waals surface area contributed by atoms with E-state index in [2.05, 4.69) is 59.8 Å². The van der Waals surface area contributed by atoms with Gasteiger partial charge in [-0.3, -0.25) is 91.1 Å². The Kier molecular flexibility index (Phi) is 39.4. The maximum Gasteiger partial charge on any atom is 0.329 e. The molecule has 2 heterocycles. The Labute approximate surface area is 664 Å². The number of nitrogen functional groups attached to an aromatic ring is 1. The first-order chi connectivity index (χ1) is 54.8. The third kappa shape index (κ3) is 32.1. The lowest BCUT2D eigenvalue weighted by Gasteiger charge is -2.31. The van der Waals surface area contributed by atoms with E-state index in [1.807, 2.05) is 16.0 Å². The van der Waals surface area contributed by atoms with Crippen LogP contribution in [0, 0.1) is 5.92 Å². The van der Waals surface area contributed by atoms with Crippen LogP contribution in [0.25, 0.3) is 10.9 Å². The molecule has 0 aliphatic carbocycles. The number of nitrogens with zero attached hydrogens (tertiary/aromatic N) is 1. The zero-order chi connectivity index (χ0) is 86.6. The second-order valence-corrected chi connectivity index (χ2v) is 27.7. The minimum atomic E-state index is -2.43. The van der Waals surface area contributed by atoms with Gasteiger partial charge in [-0.05, 0) is 69.3 Å². The summed E-state index contributed by atoms with van der Waals surface area (Å²) in [5.74, 6) is -29.6. The van der Waals surface area contributed by atoms with Crippen molar-refractivity contribution in [3.63, 3.8) is 0 Å². The molecule has 0 bridgehead atoms. The summed E-state index contributed by atoms with van der Waals surface area (Å²) < 4.78 is 5.74. The number of amides is 14. The second kappa shape index (κ2) is 47.7. The van der Waals surface area contributed by atoms with Crippen molar-refractivity contribution in [2.75, 3.05) is 39.0 Å². The van der Waals surface area contributed by atoms with Crippen LogP contribution in [0.4, 0.5) is 5.69 Å². The number of Topliss-reactive ketones (excluding diaryl/α,β-unsaturated/α-hetero) is 1. The molecule has 1 aromatic heterocycles. The van der Waals surface area contributed by atoms with E-state index in [9.17, 15) is 117 Å². The lowest BCUT2D eigenvalue weighted by molar-refractivity contribution is -0.158. The third-order valence-electron chi connectivity index (χ3n) is 18.2. The number of nitrogens with one attached hydrogen (secondary N) is 13. The topological polar surface area (TPSA) is 693 Å². The number of esters is 1. The molecule has 43 nitrogen and oxygen atoms in total. The zero-order valence-electron chi connectivity index (χ0n) is 64.5. The van der Waals surface area contributed by atoms with Crippen molar-refractivity contribution >= 4 is 135 Å². The summed E-state index contributed by atoms with van der Waals surface area (Å²) in [5, 5.41) is 76.9. The summed E-state index contributed by atoms with van der Waals surface area (Å²) in [5.41, 5.74) is 18.1. The number of H-pyrrole nitrogens is 1. The van der Waals surface area contributed by atoms with Gasteiger partial charge in [-0.25, -0.2) is 4.79 Å². The number of carbonyl (C=O) groups is 20. The van der Waals surface area contributed by atoms with Crippen LogP contribution in [0.5, 0.6) is 0 Å². The molecule has 116 heavy (non-hydrogen) atoms. The van der Waals surface area contributed by atoms with E-state index in [1.165, 1.54) is 24.3 Å². The van der Waals surface area contributed by atoms with Crippen LogP contribution < -0.4 is 81.0 Å². The van der Waals surface area contributed by atoms with Crippen molar-refractivity contribution < 1.29 is 126 Å². The first-order valence-electron chi connectivity index (χ1n) is 37.2. The molecule has 1 aliphatic heterocycles. The molecule has 43 heteroatoms. The number of likely N-dealkylation sites (N-methyl/N-ethyl adjacent to an activating group) is 1. The van der Waals surface area contributed by atoms with Gasteiger partial charge in [0, 0.05) is 54.7 Å². The number of nitrogens with two attached hydrogens (primary N) is 3. The first-order valence-corrected chi connectivity index (χ1v) is 37.2. The van der Waals surface area contributed by atoms with Gasteiger partial charge < -0.3 is 121 Å². The van der Waals surface area contributed by atoms with Crippen molar-refractivity contribution in [3.05, 3.63) is 65.9 Å². The molecule has 1 saturated heterocycles. The van der Waals surface area contributed by atoms with Gasteiger partial charge in [-0.2, -0.15) is 0 Å². The van der Waals surface area contributed by atoms with Gasteiger partial charge in [0.15, 0.2) is 5.78 Å². The molecule has 1 aliphatic rings. The number of anilines is 1. The molecule has 1 fully saturated rings. The fourth-order valence-electron chi connectivity index (χ4n) is 12.0. The van der Waals surface area contributed by atoms with Gasteiger partial charge in [-0.15, -0.1) is 0 Å². The van der Waals surface area contributed by atoms with E-state index in [1.54, 1.807) is 30.5 Å². The minimum absolute atomic E-state index is 0.0183. The highest BCUT2D eigenvalue weighted by molar-refractivity contribution is 6.05. The quantitative estimate of drug-likeness (QED) is 0.0113. The highest BCUT2D eigenvalue weighted by atomic mass is 16.5. The highest BCUT2D eigenvalue weighted by Gasteiger charge is 2.42.